The van der Waals surface area contributed by atoms with E-state index in [1.807, 2.05) is 32.5 Å². The third kappa shape index (κ3) is 12.2. The summed E-state index contributed by atoms with van der Waals surface area (Å²) in [5.41, 5.74) is -0.475. The molecule has 2 fully saturated rings. The van der Waals surface area contributed by atoms with Gasteiger partial charge in [-0.15, -0.1) is 0 Å². The van der Waals surface area contributed by atoms with Crippen LogP contribution in [0.4, 0.5) is 4.79 Å². The maximum absolute atomic E-state index is 11.9. The molecule has 11 heteroatoms. The number of hydrogen-bond donors (Lipinski definition) is 3. The fourth-order valence-electron chi connectivity index (χ4n) is 3.72. The first-order valence-electron chi connectivity index (χ1n) is 12.1. The van der Waals surface area contributed by atoms with E-state index in [1.165, 1.54) is 0 Å². The molecule has 0 aromatic heterocycles. The molecule has 2 rings (SSSR count). The quantitative estimate of drug-likeness (QED) is 0.155. The molecule has 3 unspecified atom stereocenters. The number of amides is 3. The molecule has 2 saturated heterocycles. The van der Waals surface area contributed by atoms with Crippen LogP contribution in [0, 0.1) is 0 Å². The van der Waals surface area contributed by atoms with Gasteiger partial charge in [0.25, 0.3) is 0 Å². The Morgan fingerprint density at radius 1 is 0.971 bits per heavy atom. The van der Waals surface area contributed by atoms with Gasteiger partial charge in [0, 0.05) is 24.0 Å². The van der Waals surface area contributed by atoms with E-state index in [9.17, 15) is 14.4 Å². The molecule has 2 aliphatic rings. The minimum Gasteiger partial charge on any atom is -0.460 e. The SMILES string of the molecule is CC(C)(C)OC(=O)CCOCCOCCOCCNC(=O)CCCCC1SCC2NC(=O)NC21. The molecule has 2 heterocycles. The van der Waals surface area contributed by atoms with Crippen LogP contribution in [-0.2, 0) is 28.5 Å². The molecule has 3 N–H and O–H groups in total. The normalized spacial score (nSPS) is 21.6. The van der Waals surface area contributed by atoms with Crippen molar-refractivity contribution in [2.24, 2.45) is 0 Å². The third-order valence-electron chi connectivity index (χ3n) is 5.26. The maximum atomic E-state index is 11.9. The first kappa shape index (κ1) is 28.7. The van der Waals surface area contributed by atoms with Crippen LogP contribution in [0.2, 0.25) is 0 Å². The van der Waals surface area contributed by atoms with Crippen molar-refractivity contribution in [2.45, 2.75) is 75.8 Å². The molecular formula is C23H41N3O7S. The molecule has 34 heavy (non-hydrogen) atoms. The number of hydrogen-bond acceptors (Lipinski definition) is 8. The van der Waals surface area contributed by atoms with E-state index >= 15 is 0 Å². The van der Waals surface area contributed by atoms with Crippen LogP contribution in [0.5, 0.6) is 0 Å². The summed E-state index contributed by atoms with van der Waals surface area (Å²) in [6.07, 6.45) is 3.56. The van der Waals surface area contributed by atoms with Gasteiger partial charge in [-0.05, 0) is 33.6 Å². The monoisotopic (exact) mass is 503 g/mol. The molecule has 0 saturated carbocycles. The summed E-state index contributed by atoms with van der Waals surface area (Å²) in [5.74, 6) is 0.729. The molecule has 0 bridgehead atoms. The van der Waals surface area contributed by atoms with E-state index in [-0.39, 0.29) is 36.4 Å². The number of carbonyl (C=O) groups is 3. The average molecular weight is 504 g/mol. The molecule has 0 aliphatic carbocycles. The van der Waals surface area contributed by atoms with Crippen molar-refractivity contribution in [3.63, 3.8) is 0 Å². The van der Waals surface area contributed by atoms with E-state index in [2.05, 4.69) is 16.0 Å². The summed E-state index contributed by atoms with van der Waals surface area (Å²) in [6, 6.07) is 0.416. The molecule has 0 spiro atoms. The topological polar surface area (TPSA) is 124 Å². The van der Waals surface area contributed by atoms with Gasteiger partial charge in [0.2, 0.25) is 5.91 Å². The maximum Gasteiger partial charge on any atom is 0.315 e. The zero-order valence-electron chi connectivity index (χ0n) is 20.7. The van der Waals surface area contributed by atoms with Crippen molar-refractivity contribution in [3.8, 4) is 0 Å². The lowest BCUT2D eigenvalue weighted by Crippen LogP contribution is -2.36. The molecule has 2 aliphatic heterocycles. The summed E-state index contributed by atoms with van der Waals surface area (Å²) in [7, 11) is 0. The van der Waals surface area contributed by atoms with Crippen molar-refractivity contribution in [3.05, 3.63) is 0 Å². The first-order valence-corrected chi connectivity index (χ1v) is 13.2. The minimum atomic E-state index is -0.475. The van der Waals surface area contributed by atoms with E-state index in [0.717, 1.165) is 25.0 Å². The Kier molecular flexibility index (Phi) is 13.0. The molecule has 10 nitrogen and oxygen atoms in total. The van der Waals surface area contributed by atoms with Crippen molar-refractivity contribution in [2.75, 3.05) is 51.9 Å². The highest BCUT2D eigenvalue weighted by Crippen LogP contribution is 2.33. The Hall–Kier alpha value is -1.56. The van der Waals surface area contributed by atoms with Crippen LogP contribution in [0.25, 0.3) is 0 Å². The van der Waals surface area contributed by atoms with Crippen molar-refractivity contribution in [1.29, 1.82) is 0 Å². The average Bonchev–Trinajstić information content (AvgIpc) is 3.30. The Labute approximate surface area is 206 Å². The lowest BCUT2D eigenvalue weighted by molar-refractivity contribution is -0.156. The Balaban J connectivity index is 1.31. The van der Waals surface area contributed by atoms with Crippen LogP contribution in [0.1, 0.15) is 52.9 Å². The van der Waals surface area contributed by atoms with E-state index in [1.54, 1.807) is 0 Å². The summed E-state index contributed by atoms with van der Waals surface area (Å²) in [4.78, 5) is 34.9. The van der Waals surface area contributed by atoms with Crippen LogP contribution >= 0.6 is 11.8 Å². The zero-order valence-corrected chi connectivity index (χ0v) is 21.5. The molecule has 3 atom stereocenters. The predicted molar refractivity (Wildman–Crippen MR) is 130 cm³/mol. The van der Waals surface area contributed by atoms with Crippen LogP contribution in [0.3, 0.4) is 0 Å². The lowest BCUT2D eigenvalue weighted by atomic mass is 10.0. The molecule has 3 amide bonds. The van der Waals surface area contributed by atoms with Crippen molar-refractivity contribution >= 4 is 29.7 Å². The molecule has 0 aromatic carbocycles. The first-order chi connectivity index (χ1) is 16.2. The number of carbonyl (C=O) groups excluding carboxylic acids is 3. The van der Waals surface area contributed by atoms with Crippen LogP contribution < -0.4 is 16.0 Å². The fraction of sp³-hybridized carbons (Fsp3) is 0.870. The molecule has 196 valence electrons. The van der Waals surface area contributed by atoms with E-state index < -0.39 is 5.60 Å². The van der Waals surface area contributed by atoms with Crippen LogP contribution in [0.15, 0.2) is 0 Å². The highest BCUT2D eigenvalue weighted by molar-refractivity contribution is 8.00. The number of fused-ring (bicyclic) bond motifs is 1. The molecular weight excluding hydrogens is 462 g/mol. The number of ether oxygens (including phenoxy) is 4. The smallest absolute Gasteiger partial charge is 0.315 e. The predicted octanol–water partition coefficient (Wildman–Crippen LogP) is 1.61. The lowest BCUT2D eigenvalue weighted by Gasteiger charge is -2.19. The number of thioether (sulfide) groups is 1. The highest BCUT2D eigenvalue weighted by Gasteiger charge is 2.42. The highest BCUT2D eigenvalue weighted by atomic mass is 32.2. The summed E-state index contributed by atoms with van der Waals surface area (Å²) in [6.45, 7) is 8.45. The molecule has 0 radical (unpaired) electrons. The van der Waals surface area contributed by atoms with Gasteiger partial charge in [-0.1, -0.05) is 6.42 Å². The van der Waals surface area contributed by atoms with Crippen molar-refractivity contribution < 1.29 is 33.3 Å². The zero-order chi connectivity index (χ0) is 24.8. The summed E-state index contributed by atoms with van der Waals surface area (Å²) < 4.78 is 21.4. The van der Waals surface area contributed by atoms with Gasteiger partial charge in [-0.3, -0.25) is 9.59 Å². The number of esters is 1. The molecule has 0 aromatic rings. The second kappa shape index (κ2) is 15.4. The number of rotatable bonds is 17. The van der Waals surface area contributed by atoms with Crippen LogP contribution in [-0.4, -0.2) is 92.8 Å². The Morgan fingerprint density at radius 2 is 1.65 bits per heavy atom. The number of urea groups is 1. The third-order valence-corrected chi connectivity index (χ3v) is 6.77. The Morgan fingerprint density at radius 3 is 2.35 bits per heavy atom. The van der Waals surface area contributed by atoms with Gasteiger partial charge >= 0.3 is 12.0 Å². The van der Waals surface area contributed by atoms with Gasteiger partial charge in [0.1, 0.15) is 5.60 Å². The van der Waals surface area contributed by atoms with Gasteiger partial charge in [0.15, 0.2) is 0 Å². The Bertz CT molecular complexity index is 645. The van der Waals surface area contributed by atoms with E-state index in [0.29, 0.717) is 57.9 Å². The minimum absolute atomic E-state index is 0.0381. The number of unbranched alkanes of at least 4 members (excludes halogenated alkanes) is 1. The fourth-order valence-corrected chi connectivity index (χ4v) is 5.26. The van der Waals surface area contributed by atoms with Gasteiger partial charge in [-0.2, -0.15) is 11.8 Å². The van der Waals surface area contributed by atoms with Crippen molar-refractivity contribution in [1.82, 2.24) is 16.0 Å². The standard InChI is InChI=1S/C23H41N3O7S/c1-23(2,3)33-20(28)8-10-30-12-14-32-15-13-31-11-9-24-19(27)7-5-4-6-18-21-17(16-34-18)25-22(29)26-21/h17-18,21H,4-16H2,1-3H3,(H,24,27)(H2,25,26,29). The second-order valence-electron chi connectivity index (χ2n) is 9.39. The largest absolute Gasteiger partial charge is 0.460 e. The number of nitrogens with one attached hydrogen (secondary N) is 3. The van der Waals surface area contributed by atoms with Gasteiger partial charge in [0.05, 0.1) is 58.1 Å². The second-order valence-corrected chi connectivity index (χ2v) is 10.7. The summed E-state index contributed by atoms with van der Waals surface area (Å²) in [5, 5.41) is 9.24. The summed E-state index contributed by atoms with van der Waals surface area (Å²) >= 11 is 1.90. The van der Waals surface area contributed by atoms with Gasteiger partial charge in [-0.25, -0.2) is 4.79 Å². The van der Waals surface area contributed by atoms with Gasteiger partial charge < -0.3 is 34.9 Å². The van der Waals surface area contributed by atoms with E-state index in [4.69, 9.17) is 18.9 Å².